The second kappa shape index (κ2) is 12.0. The van der Waals surface area contributed by atoms with E-state index >= 15 is 0 Å². The van der Waals surface area contributed by atoms with Gasteiger partial charge in [0.25, 0.3) is 0 Å². The molecule has 128 valence electrons. The van der Waals surface area contributed by atoms with Crippen LogP contribution in [0, 0.1) is 0 Å². The number of hydrogen-bond acceptors (Lipinski definition) is 3. The highest BCUT2D eigenvalue weighted by atomic mass is 16.1. The molecule has 0 spiro atoms. The first-order chi connectivity index (χ1) is 11.7. The number of carbonyl (C=O) groups excluding carboxylic acids is 2. The lowest BCUT2D eigenvalue weighted by Crippen LogP contribution is -2.10. The van der Waals surface area contributed by atoms with Crippen molar-refractivity contribution in [3.8, 4) is 0 Å². The lowest BCUT2D eigenvalue weighted by Gasteiger charge is -2.04. The van der Waals surface area contributed by atoms with Gasteiger partial charge in [-0.1, -0.05) is 43.7 Å². The lowest BCUT2D eigenvalue weighted by molar-refractivity contribution is -0.116. The van der Waals surface area contributed by atoms with E-state index < -0.39 is 0 Å². The summed E-state index contributed by atoms with van der Waals surface area (Å²) in [5.74, 6) is 0.0238. The zero-order chi connectivity index (χ0) is 17.6. The molecule has 2 aromatic rings. The van der Waals surface area contributed by atoms with Gasteiger partial charge in [0.05, 0.1) is 0 Å². The number of nitrogens with two attached hydrogens (primary N) is 1. The van der Waals surface area contributed by atoms with Crippen molar-refractivity contribution in [1.82, 2.24) is 0 Å². The van der Waals surface area contributed by atoms with E-state index in [1.165, 1.54) is 5.56 Å². The molecule has 0 unspecified atom stereocenters. The fraction of sp³-hybridized carbons (Fsp3) is 0.300. The van der Waals surface area contributed by atoms with Crippen LogP contribution in [0.2, 0.25) is 0 Å². The molecule has 0 bridgehead atoms. The minimum Gasteiger partial charge on any atom is -0.330 e. The van der Waals surface area contributed by atoms with Crippen LogP contribution in [0.4, 0.5) is 5.69 Å². The molecule has 0 aliphatic rings. The summed E-state index contributed by atoms with van der Waals surface area (Å²) in [6, 6.07) is 17.1. The zero-order valence-corrected chi connectivity index (χ0v) is 14.2. The highest BCUT2D eigenvalue weighted by Gasteiger charge is 2.00. The number of unbranched alkanes of at least 4 members (excludes halogenated alkanes) is 1. The van der Waals surface area contributed by atoms with Gasteiger partial charge in [-0.3, -0.25) is 9.59 Å². The topological polar surface area (TPSA) is 72.2 Å². The van der Waals surface area contributed by atoms with Crippen molar-refractivity contribution < 1.29 is 9.59 Å². The molecule has 0 fully saturated rings. The van der Waals surface area contributed by atoms with Crippen molar-refractivity contribution in [2.24, 2.45) is 5.73 Å². The van der Waals surface area contributed by atoms with Crippen molar-refractivity contribution in [3.63, 3.8) is 0 Å². The van der Waals surface area contributed by atoms with E-state index in [4.69, 9.17) is 5.73 Å². The number of aldehydes is 1. The quantitative estimate of drug-likeness (QED) is 0.760. The average Bonchev–Trinajstić information content (AvgIpc) is 2.62. The third kappa shape index (κ3) is 8.25. The second-order valence-corrected chi connectivity index (χ2v) is 5.42. The van der Waals surface area contributed by atoms with Crippen LogP contribution in [0.25, 0.3) is 0 Å². The number of amides is 1. The van der Waals surface area contributed by atoms with E-state index in [1.807, 2.05) is 25.1 Å². The maximum atomic E-state index is 11.3. The SMILES string of the molecule is CCCCC(=O)Nc1ccc(C=O)cc1.NCCc1ccccc1. The van der Waals surface area contributed by atoms with Crippen LogP contribution >= 0.6 is 0 Å². The summed E-state index contributed by atoms with van der Waals surface area (Å²) < 4.78 is 0. The Hall–Kier alpha value is -2.46. The normalized spacial score (nSPS) is 9.58. The third-order valence-electron chi connectivity index (χ3n) is 3.36. The Morgan fingerprint density at radius 3 is 2.29 bits per heavy atom. The molecule has 0 radical (unpaired) electrons. The predicted octanol–water partition coefficient (Wildman–Crippen LogP) is 3.82. The molecule has 0 saturated heterocycles. The van der Waals surface area contributed by atoms with Crippen LogP contribution in [0.3, 0.4) is 0 Å². The Morgan fingerprint density at radius 2 is 1.75 bits per heavy atom. The molecule has 0 atom stereocenters. The molecule has 3 N–H and O–H groups in total. The van der Waals surface area contributed by atoms with Gasteiger partial charge in [-0.05, 0) is 49.2 Å². The first-order valence-corrected chi connectivity index (χ1v) is 8.28. The summed E-state index contributed by atoms with van der Waals surface area (Å²) in [5.41, 5.74) is 8.03. The van der Waals surface area contributed by atoms with Crippen molar-refractivity contribution in [1.29, 1.82) is 0 Å². The molecule has 0 saturated carbocycles. The number of anilines is 1. The summed E-state index contributed by atoms with van der Waals surface area (Å²) in [5, 5.41) is 2.77. The molecule has 2 rings (SSSR count). The standard InChI is InChI=1S/C12H15NO2.C8H11N/c1-2-3-4-12(15)13-11-7-5-10(9-14)6-8-11;9-7-6-8-4-2-1-3-5-8/h5-9H,2-4H2,1H3,(H,13,15);1-5H,6-7,9H2. The van der Waals surface area contributed by atoms with Crippen molar-refractivity contribution in [3.05, 3.63) is 65.7 Å². The van der Waals surface area contributed by atoms with Gasteiger partial charge in [0.2, 0.25) is 5.91 Å². The first kappa shape index (κ1) is 19.6. The minimum atomic E-state index is 0.0238. The molecule has 1 amide bonds. The Kier molecular flexibility index (Phi) is 9.81. The van der Waals surface area contributed by atoms with Crippen molar-refractivity contribution >= 4 is 17.9 Å². The molecule has 0 aliphatic heterocycles. The van der Waals surface area contributed by atoms with Gasteiger partial charge in [-0.25, -0.2) is 0 Å². The molecule has 4 heteroatoms. The van der Waals surface area contributed by atoms with E-state index in [1.54, 1.807) is 24.3 Å². The summed E-state index contributed by atoms with van der Waals surface area (Å²) in [4.78, 5) is 21.7. The summed E-state index contributed by atoms with van der Waals surface area (Å²) in [7, 11) is 0. The zero-order valence-electron chi connectivity index (χ0n) is 14.2. The summed E-state index contributed by atoms with van der Waals surface area (Å²) in [6.07, 6.45) is 4.23. The molecule has 24 heavy (non-hydrogen) atoms. The van der Waals surface area contributed by atoms with Crippen LogP contribution in [0.5, 0.6) is 0 Å². The summed E-state index contributed by atoms with van der Waals surface area (Å²) >= 11 is 0. The van der Waals surface area contributed by atoms with E-state index in [0.29, 0.717) is 12.0 Å². The van der Waals surface area contributed by atoms with Gasteiger partial charge in [-0.2, -0.15) is 0 Å². The smallest absolute Gasteiger partial charge is 0.224 e. The maximum absolute atomic E-state index is 11.3. The fourth-order valence-electron chi connectivity index (χ4n) is 2.02. The first-order valence-electron chi connectivity index (χ1n) is 8.28. The van der Waals surface area contributed by atoms with Gasteiger partial charge >= 0.3 is 0 Å². The average molecular weight is 326 g/mol. The number of carbonyl (C=O) groups is 2. The van der Waals surface area contributed by atoms with Gasteiger partial charge in [0.15, 0.2) is 0 Å². The van der Waals surface area contributed by atoms with E-state index in [-0.39, 0.29) is 5.91 Å². The molecule has 2 aromatic carbocycles. The number of rotatable bonds is 7. The monoisotopic (exact) mass is 326 g/mol. The molecular formula is C20H26N2O2. The minimum absolute atomic E-state index is 0.0238. The Morgan fingerprint density at radius 1 is 1.08 bits per heavy atom. The van der Waals surface area contributed by atoms with Crippen molar-refractivity contribution in [2.75, 3.05) is 11.9 Å². The number of hydrogen-bond donors (Lipinski definition) is 2. The summed E-state index contributed by atoms with van der Waals surface area (Å²) in [6.45, 7) is 2.79. The molecule has 0 heterocycles. The van der Waals surface area contributed by atoms with Gasteiger partial charge < -0.3 is 11.1 Å². The van der Waals surface area contributed by atoms with Crippen LogP contribution in [0.15, 0.2) is 54.6 Å². The van der Waals surface area contributed by atoms with E-state index in [2.05, 4.69) is 17.4 Å². The van der Waals surface area contributed by atoms with Crippen LogP contribution in [-0.2, 0) is 11.2 Å². The largest absolute Gasteiger partial charge is 0.330 e. The number of nitrogens with one attached hydrogen (secondary N) is 1. The Bertz CT molecular complexity index is 595. The molecule has 0 aromatic heterocycles. The van der Waals surface area contributed by atoms with Crippen LogP contribution < -0.4 is 11.1 Å². The van der Waals surface area contributed by atoms with E-state index in [0.717, 1.165) is 37.8 Å². The van der Waals surface area contributed by atoms with Gasteiger partial charge in [0, 0.05) is 17.7 Å². The Labute approximate surface area is 144 Å². The molecule has 4 nitrogen and oxygen atoms in total. The lowest BCUT2D eigenvalue weighted by atomic mass is 10.2. The van der Waals surface area contributed by atoms with Crippen LogP contribution in [-0.4, -0.2) is 18.7 Å². The van der Waals surface area contributed by atoms with Gasteiger partial charge in [0.1, 0.15) is 6.29 Å². The van der Waals surface area contributed by atoms with Gasteiger partial charge in [-0.15, -0.1) is 0 Å². The highest BCUT2D eigenvalue weighted by molar-refractivity contribution is 5.91. The number of benzene rings is 2. The Balaban J connectivity index is 0.000000272. The van der Waals surface area contributed by atoms with E-state index in [9.17, 15) is 9.59 Å². The highest BCUT2D eigenvalue weighted by Crippen LogP contribution is 2.09. The molecular weight excluding hydrogens is 300 g/mol. The predicted molar refractivity (Wildman–Crippen MR) is 99.2 cm³/mol. The van der Waals surface area contributed by atoms with Crippen molar-refractivity contribution in [2.45, 2.75) is 32.6 Å². The molecule has 0 aliphatic carbocycles. The maximum Gasteiger partial charge on any atom is 0.224 e. The fourth-order valence-corrected chi connectivity index (χ4v) is 2.02. The third-order valence-corrected chi connectivity index (χ3v) is 3.36. The second-order valence-electron chi connectivity index (χ2n) is 5.42. The van der Waals surface area contributed by atoms with Crippen LogP contribution in [0.1, 0.15) is 42.1 Å².